The highest BCUT2D eigenvalue weighted by molar-refractivity contribution is 5.80. The number of carbonyl (C=O) groups excluding carboxylic acids is 2. The van der Waals surface area contributed by atoms with Crippen LogP contribution in [0.2, 0.25) is 0 Å². The zero-order valence-corrected chi connectivity index (χ0v) is 40.7. The largest absolute Gasteiger partial charge is 0.462 e. The Morgan fingerprint density at radius 3 is 1.30 bits per heavy atom. The first kappa shape index (κ1) is 57.7. The van der Waals surface area contributed by atoms with Crippen molar-refractivity contribution in [3.8, 4) is 6.19 Å². The van der Waals surface area contributed by atoms with E-state index in [4.69, 9.17) is 14.7 Å². The average Bonchev–Trinajstić information content (AvgIpc) is 3.23. The van der Waals surface area contributed by atoms with Crippen LogP contribution in [0, 0.1) is 11.5 Å². The minimum Gasteiger partial charge on any atom is -0.462 e. The molecule has 60 heavy (non-hydrogen) atoms. The van der Waals surface area contributed by atoms with Crippen molar-refractivity contribution in [3.05, 3.63) is 0 Å². The van der Waals surface area contributed by atoms with Crippen LogP contribution in [0.1, 0.15) is 252 Å². The number of nitrogens with zero attached hydrogens (tertiary/aromatic N) is 4. The normalized spacial score (nSPS) is 12.2. The van der Waals surface area contributed by atoms with Gasteiger partial charge in [-0.2, -0.15) is 5.26 Å². The first-order chi connectivity index (χ1) is 29.3. The smallest absolute Gasteiger partial charge is 0.306 e. The Morgan fingerprint density at radius 1 is 0.517 bits per heavy atom. The van der Waals surface area contributed by atoms with Gasteiger partial charge in [0.25, 0.3) is 0 Å². The number of hydrogen-bond donors (Lipinski definition) is 1. The van der Waals surface area contributed by atoms with Crippen LogP contribution in [-0.2, 0) is 19.1 Å². The highest BCUT2D eigenvalue weighted by atomic mass is 16.5. The molecule has 0 rings (SSSR count). The van der Waals surface area contributed by atoms with Gasteiger partial charge in [-0.3, -0.25) is 9.59 Å². The molecule has 0 radical (unpaired) electrons. The molecule has 0 heterocycles. The molecule has 0 amide bonds. The van der Waals surface area contributed by atoms with Gasteiger partial charge < -0.3 is 24.6 Å². The summed E-state index contributed by atoms with van der Waals surface area (Å²) in [4.78, 5) is 33.7. The summed E-state index contributed by atoms with van der Waals surface area (Å²) in [6, 6.07) is 0. The van der Waals surface area contributed by atoms with Crippen LogP contribution in [0.3, 0.4) is 0 Å². The summed E-state index contributed by atoms with van der Waals surface area (Å²) in [5, 5.41) is 12.3. The van der Waals surface area contributed by atoms with Crippen molar-refractivity contribution in [3.63, 3.8) is 0 Å². The van der Waals surface area contributed by atoms with E-state index < -0.39 is 0 Å². The molecule has 0 aromatic carbocycles. The Morgan fingerprint density at radius 2 is 0.883 bits per heavy atom. The highest BCUT2D eigenvalue weighted by Gasteiger charge is 2.15. The third kappa shape index (κ3) is 38.6. The number of unbranched alkanes of at least 4 members (excludes halogenated alkanes) is 23. The number of nitriles is 1. The van der Waals surface area contributed by atoms with E-state index in [1.165, 1.54) is 122 Å². The number of aliphatic imine (C=N–C) groups is 1. The van der Waals surface area contributed by atoms with E-state index in [9.17, 15) is 9.59 Å². The molecule has 0 aromatic rings. The minimum absolute atomic E-state index is 0.0119. The summed E-state index contributed by atoms with van der Waals surface area (Å²) in [5.74, 6) is 0.597. The summed E-state index contributed by atoms with van der Waals surface area (Å²) in [5.41, 5.74) is 0. The lowest BCUT2D eigenvalue weighted by molar-refractivity contribution is -0.150. The molecule has 1 N–H and O–H groups in total. The molecule has 0 bridgehead atoms. The molecule has 0 fully saturated rings. The van der Waals surface area contributed by atoms with E-state index in [-0.39, 0.29) is 24.1 Å². The van der Waals surface area contributed by atoms with Gasteiger partial charge in [-0.25, -0.2) is 0 Å². The highest BCUT2D eigenvalue weighted by Crippen LogP contribution is 2.19. The lowest BCUT2D eigenvalue weighted by atomic mass is 10.0. The number of nitrogens with one attached hydrogen (secondary N) is 1. The molecule has 0 aliphatic carbocycles. The number of hydrogen-bond acceptors (Lipinski definition) is 7. The molecule has 0 saturated heterocycles. The van der Waals surface area contributed by atoms with E-state index in [0.717, 1.165) is 116 Å². The first-order valence-corrected chi connectivity index (χ1v) is 25.8. The van der Waals surface area contributed by atoms with E-state index in [1.807, 2.05) is 25.2 Å². The van der Waals surface area contributed by atoms with Gasteiger partial charge in [-0.15, -0.1) is 4.99 Å². The standard InChI is InChI=1S/C51H99N5O4/c1-7-11-14-17-22-29-37-47(10-4)59-49(57)40-32-25-20-27-34-43-56(45-36-42-53-51(54-46-52)55(5)6)44-35-28-21-26-33-41-50(58)60-48(38-30-23-18-15-12-8-2)39-31-24-19-16-13-9-3/h47-48H,7-45H2,1-6H3,(H,53,54). The van der Waals surface area contributed by atoms with Gasteiger partial charge in [-0.05, 0) is 96.7 Å². The van der Waals surface area contributed by atoms with E-state index >= 15 is 0 Å². The third-order valence-electron chi connectivity index (χ3n) is 11.9. The molecule has 9 heteroatoms. The van der Waals surface area contributed by atoms with Gasteiger partial charge in [0, 0.05) is 33.5 Å². The second-order valence-electron chi connectivity index (χ2n) is 17.9. The molecule has 1 unspecified atom stereocenters. The number of ether oxygens (including phenoxy) is 2. The Bertz CT molecular complexity index is 1020. The second kappa shape index (κ2) is 44.7. The zero-order chi connectivity index (χ0) is 44.2. The van der Waals surface area contributed by atoms with Gasteiger partial charge in [-0.1, -0.05) is 163 Å². The third-order valence-corrected chi connectivity index (χ3v) is 11.9. The first-order valence-electron chi connectivity index (χ1n) is 25.8. The van der Waals surface area contributed by atoms with Crippen molar-refractivity contribution < 1.29 is 19.1 Å². The van der Waals surface area contributed by atoms with Gasteiger partial charge >= 0.3 is 11.9 Å². The molecular formula is C51H99N5O4. The van der Waals surface area contributed by atoms with Crippen LogP contribution in [0.5, 0.6) is 0 Å². The van der Waals surface area contributed by atoms with Gasteiger partial charge in [0.15, 0.2) is 0 Å². The summed E-state index contributed by atoms with van der Waals surface area (Å²) in [6.07, 6.45) is 42.0. The van der Waals surface area contributed by atoms with E-state index in [1.54, 1.807) is 0 Å². The molecule has 9 nitrogen and oxygen atoms in total. The van der Waals surface area contributed by atoms with E-state index in [2.05, 4.69) is 42.9 Å². The average molecular weight is 846 g/mol. The predicted molar refractivity (Wildman–Crippen MR) is 255 cm³/mol. The number of guanidine groups is 1. The summed E-state index contributed by atoms with van der Waals surface area (Å²) in [7, 11) is 3.79. The lowest BCUT2D eigenvalue weighted by Crippen LogP contribution is -2.38. The molecule has 0 saturated carbocycles. The number of esters is 2. The maximum absolute atomic E-state index is 12.9. The topological polar surface area (TPSA) is 107 Å². The van der Waals surface area contributed by atoms with E-state index in [0.29, 0.717) is 18.8 Å². The maximum atomic E-state index is 12.9. The zero-order valence-electron chi connectivity index (χ0n) is 40.7. The van der Waals surface area contributed by atoms with Crippen LogP contribution in [0.4, 0.5) is 0 Å². The van der Waals surface area contributed by atoms with Crippen molar-refractivity contribution in [2.45, 2.75) is 265 Å². The monoisotopic (exact) mass is 846 g/mol. The predicted octanol–water partition coefficient (Wildman–Crippen LogP) is 13.8. The lowest BCUT2D eigenvalue weighted by Gasteiger charge is -2.23. The fourth-order valence-corrected chi connectivity index (χ4v) is 8.01. The second-order valence-corrected chi connectivity index (χ2v) is 17.9. The van der Waals surface area contributed by atoms with Crippen LogP contribution < -0.4 is 5.32 Å². The van der Waals surface area contributed by atoms with Crippen LogP contribution in [-0.4, -0.2) is 80.2 Å². The van der Waals surface area contributed by atoms with Crippen LogP contribution in [0.25, 0.3) is 0 Å². The number of carbonyl (C=O) groups is 2. The molecule has 0 aliphatic heterocycles. The Kier molecular flexibility index (Phi) is 43.0. The molecule has 352 valence electrons. The fourth-order valence-electron chi connectivity index (χ4n) is 8.01. The Labute approximate surface area is 372 Å². The molecule has 0 aromatic heterocycles. The van der Waals surface area contributed by atoms with Gasteiger partial charge in [0.1, 0.15) is 12.2 Å². The quantitative estimate of drug-likeness (QED) is 0.0212. The summed E-state index contributed by atoms with van der Waals surface area (Å²) < 4.78 is 11.9. The molecule has 0 spiro atoms. The van der Waals surface area contributed by atoms with Crippen LogP contribution in [0.15, 0.2) is 4.99 Å². The van der Waals surface area contributed by atoms with Gasteiger partial charge in [0.2, 0.25) is 12.2 Å². The SMILES string of the molecule is CCCCCCCCC(CC)OC(=O)CCCCCCCN(CCCCCCCC(=O)OC(CCCCCCCC)CCCCCCCC)CCCN/C(=N\C#N)N(C)C. The summed E-state index contributed by atoms with van der Waals surface area (Å²) in [6.45, 7) is 12.8. The van der Waals surface area contributed by atoms with Crippen molar-refractivity contribution in [1.82, 2.24) is 15.1 Å². The van der Waals surface area contributed by atoms with Crippen LogP contribution >= 0.6 is 0 Å². The van der Waals surface area contributed by atoms with Gasteiger partial charge in [0.05, 0.1) is 0 Å². The Hall–Kier alpha value is -2.34. The molecular weight excluding hydrogens is 747 g/mol. The fraction of sp³-hybridized carbons (Fsp3) is 0.922. The number of rotatable bonds is 44. The summed E-state index contributed by atoms with van der Waals surface area (Å²) >= 11 is 0. The van der Waals surface area contributed by atoms with Crippen molar-refractivity contribution in [2.24, 2.45) is 4.99 Å². The Balaban J connectivity index is 4.59. The maximum Gasteiger partial charge on any atom is 0.306 e. The molecule has 1 atom stereocenters. The minimum atomic E-state index is -0.0176. The van der Waals surface area contributed by atoms with Crippen molar-refractivity contribution in [2.75, 3.05) is 40.3 Å². The molecule has 0 aliphatic rings. The van der Waals surface area contributed by atoms with Crippen molar-refractivity contribution >= 4 is 17.9 Å². The van der Waals surface area contributed by atoms with Crippen molar-refractivity contribution in [1.29, 1.82) is 5.26 Å².